The lowest BCUT2D eigenvalue weighted by Gasteiger charge is -2.18. The molecule has 1 fully saturated rings. The summed E-state index contributed by atoms with van der Waals surface area (Å²) in [6.45, 7) is 4.26. The van der Waals surface area contributed by atoms with E-state index in [1.807, 2.05) is 0 Å². The van der Waals surface area contributed by atoms with E-state index < -0.39 is 6.04 Å². The molecule has 0 N–H and O–H groups in total. The smallest absolute Gasteiger partial charge is 0.329 e. The van der Waals surface area contributed by atoms with Crippen LogP contribution in [0, 0.1) is 13.8 Å². The second-order valence-corrected chi connectivity index (χ2v) is 8.27. The molecule has 0 spiro atoms. The number of rotatable bonds is 4. The first-order valence-corrected chi connectivity index (χ1v) is 10.0. The summed E-state index contributed by atoms with van der Waals surface area (Å²) >= 11 is 1.62. The van der Waals surface area contributed by atoms with E-state index in [0.29, 0.717) is 11.7 Å². The summed E-state index contributed by atoms with van der Waals surface area (Å²) < 4.78 is 6.57. The number of carbonyl (C=O) groups excluding carboxylic acids is 1. The van der Waals surface area contributed by atoms with Crippen molar-refractivity contribution in [2.45, 2.75) is 50.1 Å². The SMILES string of the molecule is COC(=O)[C@@H]1CSc2c(C3CC3)c(Cc3cccc(C)c3C)cc(=O)n21. The fourth-order valence-corrected chi connectivity index (χ4v) is 5.22. The van der Waals surface area contributed by atoms with Gasteiger partial charge in [-0.15, -0.1) is 11.8 Å². The molecule has 0 unspecified atom stereocenters. The van der Waals surface area contributed by atoms with Crippen molar-refractivity contribution in [1.29, 1.82) is 0 Å². The van der Waals surface area contributed by atoms with Crippen LogP contribution in [0.15, 0.2) is 34.1 Å². The first-order chi connectivity index (χ1) is 12.5. The minimum absolute atomic E-state index is 0.0925. The number of thioether (sulfide) groups is 1. The lowest BCUT2D eigenvalue weighted by Crippen LogP contribution is -2.30. The predicted octanol–water partition coefficient (Wildman–Crippen LogP) is 3.75. The number of benzene rings is 1. The number of methoxy groups -OCH3 is 1. The van der Waals surface area contributed by atoms with E-state index in [4.69, 9.17) is 4.74 Å². The molecule has 0 radical (unpaired) electrons. The van der Waals surface area contributed by atoms with E-state index in [1.54, 1.807) is 22.4 Å². The Morgan fingerprint density at radius 1 is 1.27 bits per heavy atom. The van der Waals surface area contributed by atoms with Gasteiger partial charge in [-0.1, -0.05) is 18.2 Å². The molecule has 5 heteroatoms. The second-order valence-electron chi connectivity index (χ2n) is 7.26. The molecule has 1 aliphatic carbocycles. The monoisotopic (exact) mass is 369 g/mol. The summed E-state index contributed by atoms with van der Waals surface area (Å²) in [4.78, 5) is 24.9. The van der Waals surface area contributed by atoms with Crippen molar-refractivity contribution >= 4 is 17.7 Å². The predicted molar refractivity (Wildman–Crippen MR) is 103 cm³/mol. The molecule has 4 rings (SSSR count). The van der Waals surface area contributed by atoms with Gasteiger partial charge in [-0.05, 0) is 66.8 Å². The van der Waals surface area contributed by atoms with Crippen LogP contribution in [-0.4, -0.2) is 23.4 Å². The first kappa shape index (κ1) is 17.4. The third-order valence-electron chi connectivity index (χ3n) is 5.58. The van der Waals surface area contributed by atoms with Crippen LogP contribution in [0.25, 0.3) is 0 Å². The van der Waals surface area contributed by atoms with Crippen molar-refractivity contribution in [3.05, 3.63) is 62.4 Å². The number of hydrogen-bond acceptors (Lipinski definition) is 4. The molecule has 1 aromatic carbocycles. The van der Waals surface area contributed by atoms with Gasteiger partial charge in [-0.2, -0.15) is 0 Å². The molecule has 26 heavy (non-hydrogen) atoms. The maximum Gasteiger partial charge on any atom is 0.329 e. The van der Waals surface area contributed by atoms with Gasteiger partial charge in [0, 0.05) is 11.8 Å². The largest absolute Gasteiger partial charge is 0.467 e. The van der Waals surface area contributed by atoms with Crippen LogP contribution < -0.4 is 5.56 Å². The average Bonchev–Trinajstić information content (AvgIpc) is 3.35. The molecule has 4 nitrogen and oxygen atoms in total. The summed E-state index contributed by atoms with van der Waals surface area (Å²) in [6, 6.07) is 7.60. The normalized spacial score (nSPS) is 18.7. The molecule has 1 aliphatic heterocycles. The highest BCUT2D eigenvalue weighted by Gasteiger charge is 2.38. The Hall–Kier alpha value is -2.01. The summed E-state index contributed by atoms with van der Waals surface area (Å²) in [5.74, 6) is 0.761. The quantitative estimate of drug-likeness (QED) is 0.770. The van der Waals surface area contributed by atoms with E-state index >= 15 is 0 Å². The van der Waals surface area contributed by atoms with Crippen molar-refractivity contribution < 1.29 is 9.53 Å². The third kappa shape index (κ3) is 2.88. The highest BCUT2D eigenvalue weighted by molar-refractivity contribution is 7.99. The third-order valence-corrected chi connectivity index (χ3v) is 6.75. The minimum atomic E-state index is -0.500. The van der Waals surface area contributed by atoms with Gasteiger partial charge in [0.2, 0.25) is 0 Å². The number of esters is 1. The van der Waals surface area contributed by atoms with E-state index in [1.165, 1.54) is 29.4 Å². The van der Waals surface area contributed by atoms with Crippen LogP contribution in [0.1, 0.15) is 52.6 Å². The molecular formula is C21H23NO3S. The van der Waals surface area contributed by atoms with Gasteiger partial charge in [-0.25, -0.2) is 4.79 Å². The van der Waals surface area contributed by atoms with Crippen LogP contribution >= 0.6 is 11.8 Å². The zero-order valence-electron chi connectivity index (χ0n) is 15.4. The van der Waals surface area contributed by atoms with Gasteiger partial charge >= 0.3 is 5.97 Å². The lowest BCUT2D eigenvalue weighted by atomic mass is 9.94. The molecule has 0 saturated heterocycles. The van der Waals surface area contributed by atoms with E-state index in [0.717, 1.165) is 29.9 Å². The number of hydrogen-bond donors (Lipinski definition) is 0. The Morgan fingerprint density at radius 3 is 2.73 bits per heavy atom. The van der Waals surface area contributed by atoms with Gasteiger partial charge in [-0.3, -0.25) is 9.36 Å². The number of aryl methyl sites for hydroxylation is 1. The van der Waals surface area contributed by atoms with Crippen molar-refractivity contribution in [2.75, 3.05) is 12.9 Å². The van der Waals surface area contributed by atoms with Crippen molar-refractivity contribution in [1.82, 2.24) is 4.57 Å². The zero-order chi connectivity index (χ0) is 18.4. The maximum absolute atomic E-state index is 12.8. The minimum Gasteiger partial charge on any atom is -0.467 e. The van der Waals surface area contributed by atoms with Crippen molar-refractivity contribution in [3.8, 4) is 0 Å². The van der Waals surface area contributed by atoms with E-state index in [9.17, 15) is 9.59 Å². The maximum atomic E-state index is 12.8. The highest BCUT2D eigenvalue weighted by Crippen LogP contribution is 2.48. The molecule has 0 bridgehead atoms. The van der Waals surface area contributed by atoms with Gasteiger partial charge in [0.15, 0.2) is 0 Å². The molecule has 1 saturated carbocycles. The molecule has 136 valence electrons. The average molecular weight is 369 g/mol. The number of nitrogens with zero attached hydrogens (tertiary/aromatic N) is 1. The molecule has 1 atom stereocenters. The summed E-state index contributed by atoms with van der Waals surface area (Å²) in [7, 11) is 1.38. The standard InChI is InChI=1S/C21H23NO3S/c1-12-5-4-6-15(13(12)2)9-16-10-18(23)22-17(21(24)25-3)11-26-20(22)19(16)14-7-8-14/h4-6,10,14,17H,7-9,11H2,1-3H3/t17-/m0/s1. The number of pyridine rings is 1. The van der Waals surface area contributed by atoms with Crippen LogP contribution in [0.5, 0.6) is 0 Å². The number of carbonyl (C=O) groups is 1. The Balaban J connectivity index is 1.82. The molecule has 1 aromatic heterocycles. The molecule has 2 aromatic rings. The highest BCUT2D eigenvalue weighted by atomic mass is 32.2. The number of fused-ring (bicyclic) bond motifs is 1. The van der Waals surface area contributed by atoms with Gasteiger partial charge in [0.25, 0.3) is 5.56 Å². The molecular weight excluding hydrogens is 346 g/mol. The Bertz CT molecular complexity index is 943. The number of ether oxygens (including phenoxy) is 1. The summed E-state index contributed by atoms with van der Waals surface area (Å²) in [6.07, 6.45) is 3.09. The Labute approximate surface area is 157 Å². The van der Waals surface area contributed by atoms with Crippen molar-refractivity contribution in [2.24, 2.45) is 0 Å². The fourth-order valence-electron chi connectivity index (χ4n) is 3.81. The lowest BCUT2D eigenvalue weighted by molar-refractivity contribution is -0.143. The molecule has 0 amide bonds. The summed E-state index contributed by atoms with van der Waals surface area (Å²) in [5, 5.41) is 0.982. The first-order valence-electron chi connectivity index (χ1n) is 9.05. The Kier molecular flexibility index (Phi) is 4.43. The van der Waals surface area contributed by atoms with Crippen LogP contribution in [0.4, 0.5) is 0 Å². The molecule has 2 aliphatic rings. The van der Waals surface area contributed by atoms with Crippen LogP contribution in [0.3, 0.4) is 0 Å². The van der Waals surface area contributed by atoms with Gasteiger partial charge in [0.05, 0.1) is 12.1 Å². The Morgan fingerprint density at radius 2 is 2.04 bits per heavy atom. The van der Waals surface area contributed by atoms with E-state index in [2.05, 4.69) is 32.0 Å². The van der Waals surface area contributed by atoms with Gasteiger partial charge in [0.1, 0.15) is 6.04 Å². The number of aromatic nitrogens is 1. The fraction of sp³-hybridized carbons (Fsp3) is 0.429. The van der Waals surface area contributed by atoms with Crippen LogP contribution in [-0.2, 0) is 16.0 Å². The van der Waals surface area contributed by atoms with E-state index in [-0.39, 0.29) is 11.5 Å². The summed E-state index contributed by atoms with van der Waals surface area (Å²) in [5.41, 5.74) is 6.13. The van der Waals surface area contributed by atoms with Crippen LogP contribution in [0.2, 0.25) is 0 Å². The zero-order valence-corrected chi connectivity index (χ0v) is 16.2. The van der Waals surface area contributed by atoms with Gasteiger partial charge < -0.3 is 4.74 Å². The van der Waals surface area contributed by atoms with Crippen molar-refractivity contribution in [3.63, 3.8) is 0 Å². The topological polar surface area (TPSA) is 48.3 Å². The molecule has 2 heterocycles. The second kappa shape index (κ2) is 6.62.